The fraction of sp³-hybridized carbons (Fsp3) is 0.300. The number of carbonyl (C=O) groups excluding carboxylic acids is 2. The minimum absolute atomic E-state index is 0.00584. The molecule has 1 aliphatic rings. The van der Waals surface area contributed by atoms with Crippen LogP contribution in [0.2, 0.25) is 5.02 Å². The van der Waals surface area contributed by atoms with E-state index in [9.17, 15) is 9.59 Å². The van der Waals surface area contributed by atoms with Gasteiger partial charge in [0.2, 0.25) is 11.8 Å². The molecule has 0 bridgehead atoms. The number of anilines is 3. The van der Waals surface area contributed by atoms with Crippen LogP contribution < -0.4 is 25.0 Å². The van der Waals surface area contributed by atoms with Crippen LogP contribution >= 0.6 is 11.6 Å². The maximum absolute atomic E-state index is 13.0. The zero-order valence-corrected chi connectivity index (χ0v) is 16.7. The number of nitrogens with zero attached hydrogens (tertiary/aromatic N) is 1. The SMILES string of the molecule is COc1cc(OC)c(NCC(=O)N2c3ccccc3NC(=O)C[C@H]2C)cc1Cl. The molecule has 0 fully saturated rings. The fourth-order valence-corrected chi connectivity index (χ4v) is 3.46. The lowest BCUT2D eigenvalue weighted by atomic mass is 10.1. The van der Waals surface area contributed by atoms with Crippen LogP contribution in [0.3, 0.4) is 0 Å². The van der Waals surface area contributed by atoms with E-state index < -0.39 is 0 Å². The van der Waals surface area contributed by atoms with Crippen molar-refractivity contribution in [3.63, 3.8) is 0 Å². The van der Waals surface area contributed by atoms with Gasteiger partial charge < -0.3 is 25.0 Å². The number of carbonyl (C=O) groups is 2. The maximum Gasteiger partial charge on any atom is 0.246 e. The first-order chi connectivity index (χ1) is 13.4. The summed E-state index contributed by atoms with van der Waals surface area (Å²) < 4.78 is 10.5. The van der Waals surface area contributed by atoms with Gasteiger partial charge in [-0.1, -0.05) is 23.7 Å². The first-order valence-electron chi connectivity index (χ1n) is 8.81. The van der Waals surface area contributed by atoms with Crippen molar-refractivity contribution in [3.05, 3.63) is 41.4 Å². The molecule has 0 unspecified atom stereocenters. The minimum Gasteiger partial charge on any atom is -0.495 e. The summed E-state index contributed by atoms with van der Waals surface area (Å²) >= 11 is 6.19. The van der Waals surface area contributed by atoms with E-state index in [-0.39, 0.29) is 30.8 Å². The third-order valence-electron chi connectivity index (χ3n) is 4.53. The molecule has 8 heteroatoms. The molecule has 0 saturated carbocycles. The van der Waals surface area contributed by atoms with Gasteiger partial charge in [-0.25, -0.2) is 0 Å². The highest BCUT2D eigenvalue weighted by Gasteiger charge is 2.29. The lowest BCUT2D eigenvalue weighted by Gasteiger charge is -2.28. The fourth-order valence-electron chi connectivity index (χ4n) is 3.22. The Morgan fingerprint density at radius 2 is 1.96 bits per heavy atom. The van der Waals surface area contributed by atoms with Gasteiger partial charge in [0, 0.05) is 18.5 Å². The van der Waals surface area contributed by atoms with Gasteiger partial charge in [0.25, 0.3) is 0 Å². The zero-order chi connectivity index (χ0) is 20.3. The van der Waals surface area contributed by atoms with E-state index >= 15 is 0 Å². The molecular weight excluding hydrogens is 382 g/mol. The largest absolute Gasteiger partial charge is 0.495 e. The first kappa shape index (κ1) is 19.8. The Morgan fingerprint density at radius 3 is 2.68 bits per heavy atom. The number of methoxy groups -OCH3 is 2. The number of benzene rings is 2. The minimum atomic E-state index is -0.278. The van der Waals surface area contributed by atoms with Crippen LogP contribution in [0.5, 0.6) is 11.5 Å². The summed E-state index contributed by atoms with van der Waals surface area (Å²) in [6.45, 7) is 1.86. The van der Waals surface area contributed by atoms with E-state index in [4.69, 9.17) is 21.1 Å². The number of nitrogens with one attached hydrogen (secondary N) is 2. The first-order valence-corrected chi connectivity index (χ1v) is 9.18. The lowest BCUT2D eigenvalue weighted by Crippen LogP contribution is -2.42. The summed E-state index contributed by atoms with van der Waals surface area (Å²) in [5, 5.41) is 6.32. The summed E-state index contributed by atoms with van der Waals surface area (Å²) in [6, 6.07) is 10.3. The molecule has 1 aliphatic heterocycles. The average molecular weight is 404 g/mol. The van der Waals surface area contributed by atoms with Crippen LogP contribution in [0.1, 0.15) is 13.3 Å². The monoisotopic (exact) mass is 403 g/mol. The van der Waals surface area contributed by atoms with Gasteiger partial charge in [0.05, 0.1) is 42.8 Å². The molecule has 148 valence electrons. The molecule has 1 atom stereocenters. The number of halogens is 1. The van der Waals surface area contributed by atoms with Crippen molar-refractivity contribution in [1.82, 2.24) is 0 Å². The Bertz CT molecular complexity index is 903. The Morgan fingerprint density at radius 1 is 1.25 bits per heavy atom. The van der Waals surface area contributed by atoms with Crippen molar-refractivity contribution in [2.45, 2.75) is 19.4 Å². The molecule has 1 heterocycles. The normalized spacial score (nSPS) is 15.9. The predicted octanol–water partition coefficient (Wildman–Crippen LogP) is 3.53. The Hall–Kier alpha value is -2.93. The van der Waals surface area contributed by atoms with Crippen LogP contribution in [0.15, 0.2) is 36.4 Å². The van der Waals surface area contributed by atoms with Gasteiger partial charge in [-0.15, -0.1) is 0 Å². The van der Waals surface area contributed by atoms with Crippen molar-refractivity contribution in [2.24, 2.45) is 0 Å². The second-order valence-corrected chi connectivity index (χ2v) is 6.83. The third kappa shape index (κ3) is 3.99. The number of rotatable bonds is 5. The molecule has 0 saturated heterocycles. The van der Waals surface area contributed by atoms with Gasteiger partial charge >= 0.3 is 0 Å². The third-order valence-corrected chi connectivity index (χ3v) is 4.83. The summed E-state index contributed by atoms with van der Waals surface area (Å²) in [5.74, 6) is 0.697. The van der Waals surface area contributed by atoms with E-state index in [0.717, 1.165) is 0 Å². The number of para-hydroxylation sites is 2. The summed E-state index contributed by atoms with van der Waals surface area (Å²) in [5.41, 5.74) is 1.87. The molecule has 0 spiro atoms. The molecule has 0 aliphatic carbocycles. The maximum atomic E-state index is 13.0. The van der Waals surface area contributed by atoms with E-state index in [1.165, 1.54) is 14.2 Å². The average Bonchev–Trinajstić information content (AvgIpc) is 2.80. The molecule has 3 rings (SSSR count). The Labute approximate surface area is 168 Å². The second kappa shape index (κ2) is 8.39. The van der Waals surface area contributed by atoms with Crippen LogP contribution in [0.25, 0.3) is 0 Å². The van der Waals surface area contributed by atoms with Crippen LogP contribution in [-0.2, 0) is 9.59 Å². The number of amides is 2. The lowest BCUT2D eigenvalue weighted by molar-refractivity contribution is -0.118. The van der Waals surface area contributed by atoms with Gasteiger partial charge in [-0.2, -0.15) is 0 Å². The molecule has 0 radical (unpaired) electrons. The summed E-state index contributed by atoms with van der Waals surface area (Å²) in [4.78, 5) is 26.8. The molecule has 2 aromatic carbocycles. The predicted molar refractivity (Wildman–Crippen MR) is 110 cm³/mol. The standard InChI is InChI=1S/C20H22ClN3O4/c1-12-8-19(25)23-14-6-4-5-7-16(14)24(12)20(26)11-22-15-9-13(21)17(27-2)10-18(15)28-3/h4-7,9-10,12,22H,8,11H2,1-3H3,(H,23,25)/t12-/m1/s1. The Kier molecular flexibility index (Phi) is 5.94. The van der Waals surface area contributed by atoms with Crippen molar-refractivity contribution < 1.29 is 19.1 Å². The Balaban J connectivity index is 1.83. The van der Waals surface area contributed by atoms with Gasteiger partial charge in [-0.05, 0) is 25.1 Å². The van der Waals surface area contributed by atoms with Crippen LogP contribution in [0.4, 0.5) is 17.1 Å². The van der Waals surface area contributed by atoms with Gasteiger partial charge in [-0.3, -0.25) is 9.59 Å². The summed E-state index contributed by atoms with van der Waals surface area (Å²) in [6.07, 6.45) is 0.220. The molecule has 0 aromatic heterocycles. The topological polar surface area (TPSA) is 79.9 Å². The van der Waals surface area contributed by atoms with Gasteiger partial charge in [0.1, 0.15) is 11.5 Å². The smallest absolute Gasteiger partial charge is 0.246 e. The molecule has 2 amide bonds. The van der Waals surface area contributed by atoms with E-state index in [1.807, 2.05) is 25.1 Å². The highest BCUT2D eigenvalue weighted by Crippen LogP contribution is 2.36. The van der Waals surface area contributed by atoms with Crippen molar-refractivity contribution in [1.29, 1.82) is 0 Å². The number of fused-ring (bicyclic) bond motifs is 1. The number of hydrogen-bond donors (Lipinski definition) is 2. The molecule has 2 aromatic rings. The molecule has 2 N–H and O–H groups in total. The quantitative estimate of drug-likeness (QED) is 0.798. The van der Waals surface area contributed by atoms with Gasteiger partial charge in [0.15, 0.2) is 0 Å². The molecule has 28 heavy (non-hydrogen) atoms. The van der Waals surface area contributed by atoms with Crippen molar-refractivity contribution in [3.8, 4) is 11.5 Å². The summed E-state index contributed by atoms with van der Waals surface area (Å²) in [7, 11) is 3.05. The van der Waals surface area contributed by atoms with Crippen LogP contribution in [-0.4, -0.2) is 38.6 Å². The van der Waals surface area contributed by atoms with Crippen molar-refractivity contribution >= 4 is 40.5 Å². The van der Waals surface area contributed by atoms with E-state index in [0.29, 0.717) is 33.6 Å². The van der Waals surface area contributed by atoms with Crippen LogP contribution in [0, 0.1) is 0 Å². The highest BCUT2D eigenvalue weighted by atomic mass is 35.5. The van der Waals surface area contributed by atoms with E-state index in [2.05, 4.69) is 10.6 Å². The van der Waals surface area contributed by atoms with E-state index in [1.54, 1.807) is 23.1 Å². The number of hydrogen-bond acceptors (Lipinski definition) is 5. The van der Waals surface area contributed by atoms with Crippen molar-refractivity contribution in [2.75, 3.05) is 36.3 Å². The highest BCUT2D eigenvalue weighted by molar-refractivity contribution is 6.32. The zero-order valence-electron chi connectivity index (χ0n) is 15.9. The molecular formula is C20H22ClN3O4. The molecule has 7 nitrogen and oxygen atoms in total. The number of ether oxygens (including phenoxy) is 2. The second-order valence-electron chi connectivity index (χ2n) is 6.42.